The maximum absolute atomic E-state index is 10.7. The number of carbonyl (C=O) groups excluding carboxylic acids is 2. The second-order valence-corrected chi connectivity index (χ2v) is 4.55. The lowest BCUT2D eigenvalue weighted by Crippen LogP contribution is -2.15. The molecule has 2 fully saturated rings. The van der Waals surface area contributed by atoms with Crippen molar-refractivity contribution in [3.05, 3.63) is 0 Å². The molecule has 0 saturated heterocycles. The van der Waals surface area contributed by atoms with Crippen LogP contribution >= 0.6 is 0 Å². The minimum atomic E-state index is -0.0963. The number of rotatable bonds is 2. The summed E-state index contributed by atoms with van der Waals surface area (Å²) < 4.78 is 4.25. The molecular formula is C12H22O4. The SMILES string of the molecule is CO.COC.O=CC12CCC(C=O)(CC1)C2. The van der Waals surface area contributed by atoms with Crippen molar-refractivity contribution in [2.45, 2.75) is 32.1 Å². The summed E-state index contributed by atoms with van der Waals surface area (Å²) in [5.41, 5.74) is -0.193. The third kappa shape index (κ3) is 3.12. The van der Waals surface area contributed by atoms with Gasteiger partial charge in [0.25, 0.3) is 0 Å². The number of fused-ring (bicyclic) bond motifs is 2. The predicted octanol–water partition coefficient (Wildman–Crippen LogP) is 1.21. The van der Waals surface area contributed by atoms with E-state index < -0.39 is 0 Å². The lowest BCUT2D eigenvalue weighted by Gasteiger charge is -2.19. The molecule has 1 N–H and O–H groups in total. The molecule has 0 unspecified atom stereocenters. The zero-order valence-corrected chi connectivity index (χ0v) is 10.4. The number of aliphatic hydroxyl groups is 1. The van der Waals surface area contributed by atoms with Gasteiger partial charge in [0.2, 0.25) is 0 Å². The van der Waals surface area contributed by atoms with Crippen molar-refractivity contribution in [3.63, 3.8) is 0 Å². The van der Waals surface area contributed by atoms with Crippen molar-refractivity contribution in [2.75, 3.05) is 21.3 Å². The highest BCUT2D eigenvalue weighted by Gasteiger charge is 2.54. The summed E-state index contributed by atoms with van der Waals surface area (Å²) in [5, 5.41) is 7.00. The summed E-state index contributed by atoms with van der Waals surface area (Å²) in [5.74, 6) is 0. The van der Waals surface area contributed by atoms with E-state index in [1.807, 2.05) is 0 Å². The van der Waals surface area contributed by atoms with Gasteiger partial charge in [-0.3, -0.25) is 0 Å². The van der Waals surface area contributed by atoms with Gasteiger partial charge < -0.3 is 19.4 Å². The van der Waals surface area contributed by atoms with Crippen LogP contribution in [0.1, 0.15) is 32.1 Å². The highest BCUT2D eigenvalue weighted by Crippen LogP contribution is 2.59. The molecule has 0 radical (unpaired) electrons. The summed E-state index contributed by atoms with van der Waals surface area (Å²) in [6.07, 6.45) is 6.73. The Kier molecular flexibility index (Phi) is 6.45. The van der Waals surface area contributed by atoms with Crippen molar-refractivity contribution in [1.29, 1.82) is 0 Å². The second kappa shape index (κ2) is 6.76. The van der Waals surface area contributed by atoms with Crippen LogP contribution in [0.2, 0.25) is 0 Å². The summed E-state index contributed by atoms with van der Waals surface area (Å²) in [4.78, 5) is 21.5. The average molecular weight is 230 g/mol. The minimum Gasteiger partial charge on any atom is -0.400 e. The monoisotopic (exact) mass is 230 g/mol. The molecule has 94 valence electrons. The van der Waals surface area contributed by atoms with Gasteiger partial charge in [0.1, 0.15) is 12.6 Å². The van der Waals surface area contributed by atoms with Crippen molar-refractivity contribution in [3.8, 4) is 0 Å². The number of aliphatic hydroxyl groups excluding tert-OH is 1. The fourth-order valence-corrected chi connectivity index (χ4v) is 2.62. The molecule has 2 bridgehead atoms. The molecule has 2 rings (SSSR count). The largest absolute Gasteiger partial charge is 0.400 e. The van der Waals surface area contributed by atoms with Gasteiger partial charge in [-0.25, -0.2) is 0 Å². The molecule has 2 saturated carbocycles. The van der Waals surface area contributed by atoms with Gasteiger partial charge in [-0.1, -0.05) is 0 Å². The standard InChI is InChI=1S/C9H12O2.C2H6O.CH4O/c10-6-8-1-2-9(5-8,7-11)4-3-8;1-3-2;1-2/h6-7H,1-5H2;1-2H3;2H,1H3. The molecule has 2 aliphatic carbocycles. The Morgan fingerprint density at radius 2 is 1.19 bits per heavy atom. The highest BCUT2D eigenvalue weighted by atomic mass is 16.4. The fraction of sp³-hybridized carbons (Fsp3) is 0.833. The van der Waals surface area contributed by atoms with E-state index in [0.29, 0.717) is 0 Å². The van der Waals surface area contributed by atoms with E-state index in [9.17, 15) is 9.59 Å². The topological polar surface area (TPSA) is 63.6 Å². The normalized spacial score (nSPS) is 34.2. The second-order valence-electron chi connectivity index (χ2n) is 4.55. The summed E-state index contributed by atoms with van der Waals surface area (Å²) in [6.45, 7) is 0. The fourth-order valence-electron chi connectivity index (χ4n) is 2.62. The maximum atomic E-state index is 10.7. The van der Waals surface area contributed by atoms with Gasteiger partial charge in [0, 0.05) is 32.2 Å². The molecule has 0 aromatic carbocycles. The van der Waals surface area contributed by atoms with Crippen molar-refractivity contribution < 1.29 is 19.4 Å². The molecule has 4 nitrogen and oxygen atoms in total. The van der Waals surface area contributed by atoms with Crippen LogP contribution in [0.25, 0.3) is 0 Å². The predicted molar refractivity (Wildman–Crippen MR) is 61.2 cm³/mol. The number of carbonyl (C=O) groups is 2. The molecule has 4 heteroatoms. The molecule has 0 amide bonds. The number of hydrogen-bond donors (Lipinski definition) is 1. The van der Waals surface area contributed by atoms with E-state index in [1.165, 1.54) is 0 Å². The van der Waals surface area contributed by atoms with E-state index in [2.05, 4.69) is 4.74 Å². The first-order chi connectivity index (χ1) is 7.66. The van der Waals surface area contributed by atoms with Gasteiger partial charge in [0.05, 0.1) is 0 Å². The molecule has 2 aliphatic rings. The zero-order valence-electron chi connectivity index (χ0n) is 10.4. The highest BCUT2D eigenvalue weighted by molar-refractivity contribution is 5.69. The lowest BCUT2D eigenvalue weighted by molar-refractivity contribution is -0.115. The summed E-state index contributed by atoms with van der Waals surface area (Å²) in [6, 6.07) is 0. The number of ether oxygens (including phenoxy) is 1. The van der Waals surface area contributed by atoms with Crippen molar-refractivity contribution in [2.24, 2.45) is 10.8 Å². The van der Waals surface area contributed by atoms with Crippen LogP contribution in [0.15, 0.2) is 0 Å². The number of methoxy groups -OCH3 is 1. The lowest BCUT2D eigenvalue weighted by atomic mass is 9.84. The van der Waals surface area contributed by atoms with E-state index in [0.717, 1.165) is 51.8 Å². The number of aldehydes is 2. The summed E-state index contributed by atoms with van der Waals surface area (Å²) in [7, 11) is 4.25. The molecular weight excluding hydrogens is 208 g/mol. The Labute approximate surface area is 97.0 Å². The van der Waals surface area contributed by atoms with Gasteiger partial charge in [-0.2, -0.15) is 0 Å². The Bertz CT molecular complexity index is 195. The van der Waals surface area contributed by atoms with Crippen molar-refractivity contribution >= 4 is 12.6 Å². The quantitative estimate of drug-likeness (QED) is 0.724. The van der Waals surface area contributed by atoms with Crippen LogP contribution in [0.3, 0.4) is 0 Å². The Hall–Kier alpha value is -0.740. The Morgan fingerprint density at radius 1 is 0.938 bits per heavy atom. The first-order valence-electron chi connectivity index (χ1n) is 5.43. The van der Waals surface area contributed by atoms with E-state index in [-0.39, 0.29) is 10.8 Å². The Morgan fingerprint density at radius 3 is 1.31 bits per heavy atom. The molecule has 0 aromatic rings. The molecule has 0 aromatic heterocycles. The van der Waals surface area contributed by atoms with Crippen LogP contribution in [0.4, 0.5) is 0 Å². The molecule has 0 spiro atoms. The van der Waals surface area contributed by atoms with E-state index in [4.69, 9.17) is 5.11 Å². The molecule has 0 heterocycles. The van der Waals surface area contributed by atoms with E-state index in [1.54, 1.807) is 14.2 Å². The van der Waals surface area contributed by atoms with Crippen molar-refractivity contribution in [1.82, 2.24) is 0 Å². The van der Waals surface area contributed by atoms with E-state index >= 15 is 0 Å². The van der Waals surface area contributed by atoms with Gasteiger partial charge in [-0.05, 0) is 32.1 Å². The van der Waals surface area contributed by atoms with Crippen LogP contribution in [-0.4, -0.2) is 39.0 Å². The molecule has 16 heavy (non-hydrogen) atoms. The van der Waals surface area contributed by atoms with Crippen LogP contribution in [0, 0.1) is 10.8 Å². The average Bonchev–Trinajstić information content (AvgIpc) is 2.90. The smallest absolute Gasteiger partial charge is 0.126 e. The Balaban J connectivity index is 0.000000394. The van der Waals surface area contributed by atoms with Gasteiger partial charge in [-0.15, -0.1) is 0 Å². The van der Waals surface area contributed by atoms with Gasteiger partial charge in [0.15, 0.2) is 0 Å². The van der Waals surface area contributed by atoms with Gasteiger partial charge >= 0.3 is 0 Å². The van der Waals surface area contributed by atoms with Crippen LogP contribution in [0.5, 0.6) is 0 Å². The van der Waals surface area contributed by atoms with Crippen LogP contribution < -0.4 is 0 Å². The third-order valence-electron chi connectivity index (χ3n) is 3.45. The zero-order chi connectivity index (χ0) is 12.7. The first-order valence-corrected chi connectivity index (χ1v) is 5.43. The minimum absolute atomic E-state index is 0.0963. The molecule has 0 aliphatic heterocycles. The number of hydrogen-bond acceptors (Lipinski definition) is 4. The van der Waals surface area contributed by atoms with Crippen LogP contribution in [-0.2, 0) is 14.3 Å². The summed E-state index contributed by atoms with van der Waals surface area (Å²) >= 11 is 0. The molecule has 0 atom stereocenters. The third-order valence-corrected chi connectivity index (χ3v) is 3.45. The maximum Gasteiger partial charge on any atom is 0.126 e. The first kappa shape index (κ1) is 15.3.